The maximum atomic E-state index is 5.71. The summed E-state index contributed by atoms with van der Waals surface area (Å²) in [7, 11) is 0. The van der Waals surface area contributed by atoms with Crippen molar-refractivity contribution in [1.82, 2.24) is 5.32 Å². The van der Waals surface area contributed by atoms with Crippen LogP contribution in [0.1, 0.15) is 24.0 Å². The summed E-state index contributed by atoms with van der Waals surface area (Å²) in [5.41, 5.74) is 8.33. The summed E-state index contributed by atoms with van der Waals surface area (Å²) in [6, 6.07) is 8.39. The first-order valence-electron chi connectivity index (χ1n) is 6.49. The molecule has 1 fully saturated rings. The predicted octanol–water partition coefficient (Wildman–Crippen LogP) is 1.46. The van der Waals surface area contributed by atoms with Gasteiger partial charge in [0.1, 0.15) is 0 Å². The Labute approximate surface area is 103 Å². The zero-order chi connectivity index (χ0) is 11.9. The van der Waals surface area contributed by atoms with Crippen LogP contribution in [0.3, 0.4) is 0 Å². The molecule has 17 heavy (non-hydrogen) atoms. The van der Waals surface area contributed by atoms with Gasteiger partial charge in [-0.15, -0.1) is 0 Å². The van der Waals surface area contributed by atoms with Gasteiger partial charge in [0.25, 0.3) is 0 Å². The minimum atomic E-state index is 0.430. The Hall–Kier alpha value is -0.900. The molecular weight excluding hydrogens is 212 g/mol. The molecule has 94 valence electrons. The van der Waals surface area contributed by atoms with Crippen molar-refractivity contribution in [1.29, 1.82) is 0 Å². The molecular formula is C14H22N2O. The van der Waals surface area contributed by atoms with Crippen molar-refractivity contribution in [3.8, 4) is 0 Å². The van der Waals surface area contributed by atoms with E-state index in [9.17, 15) is 0 Å². The van der Waals surface area contributed by atoms with Crippen LogP contribution in [-0.2, 0) is 17.7 Å². The summed E-state index contributed by atoms with van der Waals surface area (Å²) < 4.78 is 5.57. The van der Waals surface area contributed by atoms with Gasteiger partial charge in [0.2, 0.25) is 0 Å². The molecule has 1 saturated heterocycles. The highest BCUT2D eigenvalue weighted by Crippen LogP contribution is 2.11. The van der Waals surface area contributed by atoms with E-state index in [1.165, 1.54) is 24.0 Å². The fraction of sp³-hybridized carbons (Fsp3) is 0.571. The minimum absolute atomic E-state index is 0.430. The summed E-state index contributed by atoms with van der Waals surface area (Å²) in [5.74, 6) is 0. The van der Waals surface area contributed by atoms with E-state index in [-0.39, 0.29) is 0 Å². The quantitative estimate of drug-likeness (QED) is 0.733. The van der Waals surface area contributed by atoms with Crippen LogP contribution in [0.15, 0.2) is 24.3 Å². The molecule has 1 aliphatic heterocycles. The van der Waals surface area contributed by atoms with Gasteiger partial charge in [0.15, 0.2) is 0 Å². The zero-order valence-electron chi connectivity index (χ0n) is 10.3. The van der Waals surface area contributed by atoms with Crippen LogP contribution in [-0.4, -0.2) is 25.8 Å². The van der Waals surface area contributed by atoms with Crippen LogP contribution in [0.4, 0.5) is 0 Å². The van der Waals surface area contributed by atoms with Crippen LogP contribution in [0.25, 0.3) is 0 Å². The van der Waals surface area contributed by atoms with Crippen molar-refractivity contribution in [3.05, 3.63) is 35.4 Å². The number of ether oxygens (including phenoxy) is 1. The third-order valence-electron chi connectivity index (χ3n) is 3.31. The van der Waals surface area contributed by atoms with Crippen molar-refractivity contribution in [2.75, 3.05) is 19.7 Å². The molecule has 0 saturated carbocycles. The summed E-state index contributed by atoms with van der Waals surface area (Å²) >= 11 is 0. The summed E-state index contributed by atoms with van der Waals surface area (Å²) in [6.45, 7) is 3.53. The van der Waals surface area contributed by atoms with Crippen LogP contribution in [0.5, 0.6) is 0 Å². The molecule has 0 radical (unpaired) electrons. The van der Waals surface area contributed by atoms with Crippen LogP contribution in [0, 0.1) is 0 Å². The Morgan fingerprint density at radius 1 is 1.29 bits per heavy atom. The Kier molecular flexibility index (Phi) is 4.98. The zero-order valence-corrected chi connectivity index (χ0v) is 10.3. The third-order valence-corrected chi connectivity index (χ3v) is 3.31. The summed E-state index contributed by atoms with van der Waals surface area (Å²) in [4.78, 5) is 0. The van der Waals surface area contributed by atoms with Crippen LogP contribution in [0.2, 0.25) is 0 Å². The van der Waals surface area contributed by atoms with E-state index in [1.54, 1.807) is 0 Å². The first-order chi connectivity index (χ1) is 8.40. The first kappa shape index (κ1) is 12.6. The van der Waals surface area contributed by atoms with E-state index in [4.69, 9.17) is 10.5 Å². The lowest BCUT2D eigenvalue weighted by Crippen LogP contribution is -2.28. The van der Waals surface area contributed by atoms with E-state index < -0.39 is 0 Å². The largest absolute Gasteiger partial charge is 0.377 e. The highest BCUT2D eigenvalue weighted by atomic mass is 16.5. The monoisotopic (exact) mass is 234 g/mol. The normalized spacial score (nSPS) is 19.7. The lowest BCUT2D eigenvalue weighted by atomic mass is 10.0. The molecule has 1 unspecified atom stereocenters. The molecule has 2 rings (SSSR count). The summed E-state index contributed by atoms with van der Waals surface area (Å²) in [5, 5.41) is 3.46. The molecule has 3 heteroatoms. The van der Waals surface area contributed by atoms with Crippen LogP contribution >= 0.6 is 0 Å². The molecule has 3 N–H and O–H groups in total. The molecule has 3 nitrogen and oxygen atoms in total. The molecule has 1 heterocycles. The van der Waals surface area contributed by atoms with Gasteiger partial charge in [-0.2, -0.15) is 0 Å². The van der Waals surface area contributed by atoms with Gasteiger partial charge in [-0.1, -0.05) is 24.3 Å². The van der Waals surface area contributed by atoms with Crippen LogP contribution < -0.4 is 11.1 Å². The smallest absolute Gasteiger partial charge is 0.0700 e. The fourth-order valence-corrected chi connectivity index (χ4v) is 2.29. The predicted molar refractivity (Wildman–Crippen MR) is 69.9 cm³/mol. The number of benzene rings is 1. The average molecular weight is 234 g/mol. The van der Waals surface area contributed by atoms with E-state index in [0.717, 1.165) is 26.1 Å². The van der Waals surface area contributed by atoms with Gasteiger partial charge in [0.05, 0.1) is 6.10 Å². The minimum Gasteiger partial charge on any atom is -0.377 e. The molecule has 0 bridgehead atoms. The maximum absolute atomic E-state index is 5.71. The van der Waals surface area contributed by atoms with Gasteiger partial charge < -0.3 is 15.8 Å². The van der Waals surface area contributed by atoms with Crippen molar-refractivity contribution < 1.29 is 4.74 Å². The fourth-order valence-electron chi connectivity index (χ4n) is 2.29. The average Bonchev–Trinajstić information content (AvgIpc) is 2.88. The number of rotatable bonds is 6. The number of hydrogen-bond acceptors (Lipinski definition) is 3. The Balaban J connectivity index is 1.70. The maximum Gasteiger partial charge on any atom is 0.0700 e. The lowest BCUT2D eigenvalue weighted by molar-refractivity contribution is 0.110. The van der Waals surface area contributed by atoms with Gasteiger partial charge in [-0.05, 0) is 36.9 Å². The van der Waals surface area contributed by atoms with Gasteiger partial charge >= 0.3 is 0 Å². The second-order valence-electron chi connectivity index (χ2n) is 4.56. The first-order valence-corrected chi connectivity index (χ1v) is 6.49. The number of hydrogen-bond donors (Lipinski definition) is 2. The van der Waals surface area contributed by atoms with E-state index in [0.29, 0.717) is 12.6 Å². The van der Waals surface area contributed by atoms with Gasteiger partial charge in [-0.3, -0.25) is 0 Å². The lowest BCUT2D eigenvalue weighted by Gasteiger charge is -2.12. The van der Waals surface area contributed by atoms with Crippen molar-refractivity contribution in [2.24, 2.45) is 5.73 Å². The van der Waals surface area contributed by atoms with Crippen molar-refractivity contribution in [2.45, 2.75) is 31.9 Å². The van der Waals surface area contributed by atoms with E-state index in [1.807, 2.05) is 6.07 Å². The Bertz CT molecular complexity index is 335. The second kappa shape index (κ2) is 6.74. The molecule has 1 aromatic carbocycles. The molecule has 1 atom stereocenters. The Morgan fingerprint density at radius 2 is 2.12 bits per heavy atom. The second-order valence-corrected chi connectivity index (χ2v) is 4.56. The SMILES string of the molecule is NCc1ccccc1CCNCC1CCCO1. The highest BCUT2D eigenvalue weighted by molar-refractivity contribution is 5.27. The van der Waals surface area contributed by atoms with E-state index >= 15 is 0 Å². The number of nitrogens with one attached hydrogen (secondary N) is 1. The molecule has 1 aliphatic rings. The van der Waals surface area contributed by atoms with Crippen molar-refractivity contribution >= 4 is 0 Å². The molecule has 0 aliphatic carbocycles. The third kappa shape index (κ3) is 3.80. The molecule has 0 spiro atoms. The highest BCUT2D eigenvalue weighted by Gasteiger charge is 2.14. The number of nitrogens with two attached hydrogens (primary N) is 1. The Morgan fingerprint density at radius 3 is 2.82 bits per heavy atom. The van der Waals surface area contributed by atoms with Gasteiger partial charge in [0, 0.05) is 19.7 Å². The van der Waals surface area contributed by atoms with Crippen molar-refractivity contribution in [3.63, 3.8) is 0 Å². The molecule has 0 aromatic heterocycles. The van der Waals surface area contributed by atoms with Gasteiger partial charge in [-0.25, -0.2) is 0 Å². The topological polar surface area (TPSA) is 47.3 Å². The standard InChI is InChI=1S/C14H22N2O/c15-10-13-5-2-1-4-12(13)7-8-16-11-14-6-3-9-17-14/h1-2,4-5,14,16H,3,6-11,15H2. The van der Waals surface area contributed by atoms with E-state index in [2.05, 4.69) is 23.5 Å². The molecule has 0 amide bonds. The molecule has 1 aromatic rings. The summed E-state index contributed by atoms with van der Waals surface area (Å²) in [6.07, 6.45) is 3.88.